The van der Waals surface area contributed by atoms with Crippen LogP contribution in [0, 0.1) is 0 Å². The third-order valence-corrected chi connectivity index (χ3v) is 5.09. The fourth-order valence-electron chi connectivity index (χ4n) is 3.51. The van der Waals surface area contributed by atoms with Crippen LogP contribution in [0.1, 0.15) is 23.3 Å². The van der Waals surface area contributed by atoms with Gasteiger partial charge in [0.05, 0.1) is 13.2 Å². The van der Waals surface area contributed by atoms with E-state index in [1.807, 2.05) is 40.8 Å². The number of aryl methyl sites for hydroxylation is 1. The highest BCUT2D eigenvalue weighted by Gasteiger charge is 2.41. The Morgan fingerprint density at radius 3 is 2.57 bits per heavy atom. The summed E-state index contributed by atoms with van der Waals surface area (Å²) in [6.07, 6.45) is 1.46. The Morgan fingerprint density at radius 1 is 1.17 bits per heavy atom. The predicted molar refractivity (Wildman–Crippen MR) is 87.7 cm³/mol. The Balaban J connectivity index is 1.56. The molecule has 4 rings (SSSR count). The van der Waals surface area contributed by atoms with Gasteiger partial charge in [-0.05, 0) is 18.2 Å². The van der Waals surface area contributed by atoms with Crippen LogP contribution in [0.3, 0.4) is 0 Å². The Labute approximate surface area is 139 Å². The van der Waals surface area contributed by atoms with Gasteiger partial charge in [-0.25, -0.2) is 0 Å². The van der Waals surface area contributed by atoms with Crippen LogP contribution in [0.4, 0.5) is 0 Å². The Bertz CT molecular complexity index is 755. The zero-order chi connectivity index (χ0) is 16.0. The molecule has 2 aromatic rings. The first kappa shape index (κ1) is 15.0. The average molecular weight is 335 g/mol. The van der Waals surface area contributed by atoms with Crippen LogP contribution in [-0.2, 0) is 16.5 Å². The first-order valence-electron chi connectivity index (χ1n) is 7.90. The molecule has 2 saturated heterocycles. The quantitative estimate of drug-likeness (QED) is 0.805. The lowest BCUT2D eigenvalue weighted by molar-refractivity contribution is -0.181. The van der Waals surface area contributed by atoms with Gasteiger partial charge >= 0.3 is 0 Å². The number of hydrogen-bond donors (Lipinski definition) is 0. The molecule has 5 nitrogen and oxygen atoms in total. The molecule has 1 aromatic carbocycles. The second kappa shape index (κ2) is 5.51. The molecule has 2 aliphatic heterocycles. The minimum Gasteiger partial charge on any atom is -0.347 e. The van der Waals surface area contributed by atoms with Crippen LogP contribution >= 0.6 is 11.6 Å². The van der Waals surface area contributed by atoms with Crippen molar-refractivity contribution in [1.29, 1.82) is 0 Å². The van der Waals surface area contributed by atoms with Gasteiger partial charge in [-0.1, -0.05) is 17.7 Å². The van der Waals surface area contributed by atoms with Gasteiger partial charge in [0.25, 0.3) is 5.91 Å². The number of ether oxygens (including phenoxy) is 2. The largest absolute Gasteiger partial charge is 0.347 e. The number of benzene rings is 1. The normalized spacial score (nSPS) is 20.5. The number of nitrogens with zero attached hydrogens (tertiary/aromatic N) is 2. The van der Waals surface area contributed by atoms with Gasteiger partial charge in [-0.3, -0.25) is 4.79 Å². The predicted octanol–water partition coefficient (Wildman–Crippen LogP) is 2.81. The van der Waals surface area contributed by atoms with Crippen LogP contribution in [0.2, 0.25) is 5.02 Å². The first-order valence-corrected chi connectivity index (χ1v) is 8.28. The SMILES string of the molecule is Cn1c(C(=O)N2CCC3(CC2)OCCO3)cc2ccc(Cl)cc21. The molecule has 0 saturated carbocycles. The summed E-state index contributed by atoms with van der Waals surface area (Å²) in [6.45, 7) is 2.61. The molecular weight excluding hydrogens is 316 g/mol. The van der Waals surface area contributed by atoms with E-state index in [1.165, 1.54) is 0 Å². The molecule has 23 heavy (non-hydrogen) atoms. The summed E-state index contributed by atoms with van der Waals surface area (Å²) in [7, 11) is 1.90. The number of hydrogen-bond acceptors (Lipinski definition) is 3. The number of likely N-dealkylation sites (tertiary alicyclic amines) is 1. The molecular formula is C17H19ClN2O3. The van der Waals surface area contributed by atoms with Crippen molar-refractivity contribution in [2.75, 3.05) is 26.3 Å². The van der Waals surface area contributed by atoms with Crippen molar-refractivity contribution in [2.24, 2.45) is 7.05 Å². The zero-order valence-electron chi connectivity index (χ0n) is 13.0. The minimum absolute atomic E-state index is 0.0488. The molecule has 2 aliphatic rings. The molecule has 6 heteroatoms. The van der Waals surface area contributed by atoms with Crippen LogP contribution < -0.4 is 0 Å². The van der Waals surface area contributed by atoms with Gasteiger partial charge in [0, 0.05) is 48.9 Å². The van der Waals surface area contributed by atoms with E-state index in [0.717, 1.165) is 23.7 Å². The first-order chi connectivity index (χ1) is 11.1. The summed E-state index contributed by atoms with van der Waals surface area (Å²) in [6, 6.07) is 7.61. The van der Waals surface area contributed by atoms with Crippen LogP contribution in [0.25, 0.3) is 10.9 Å². The van der Waals surface area contributed by atoms with E-state index in [0.29, 0.717) is 37.0 Å². The van der Waals surface area contributed by atoms with E-state index >= 15 is 0 Å². The van der Waals surface area contributed by atoms with Gasteiger partial charge in [-0.15, -0.1) is 0 Å². The lowest BCUT2D eigenvalue weighted by Crippen LogP contribution is -2.47. The Hall–Kier alpha value is -1.56. The van der Waals surface area contributed by atoms with Gasteiger partial charge in [0.1, 0.15) is 5.69 Å². The Morgan fingerprint density at radius 2 is 1.87 bits per heavy atom. The number of amides is 1. The molecule has 2 fully saturated rings. The second-order valence-corrected chi connectivity index (χ2v) is 6.63. The number of piperidine rings is 1. The fourth-order valence-corrected chi connectivity index (χ4v) is 3.67. The maximum Gasteiger partial charge on any atom is 0.270 e. The maximum atomic E-state index is 12.9. The fraction of sp³-hybridized carbons (Fsp3) is 0.471. The summed E-state index contributed by atoms with van der Waals surface area (Å²) in [5, 5.41) is 1.70. The maximum absolute atomic E-state index is 12.9. The molecule has 0 N–H and O–H groups in total. The topological polar surface area (TPSA) is 43.7 Å². The Kier molecular flexibility index (Phi) is 3.59. The summed E-state index contributed by atoms with van der Waals surface area (Å²) in [5.41, 5.74) is 1.66. The summed E-state index contributed by atoms with van der Waals surface area (Å²) in [5.74, 6) is -0.406. The van der Waals surface area contributed by atoms with Crippen molar-refractivity contribution in [1.82, 2.24) is 9.47 Å². The molecule has 3 heterocycles. The van der Waals surface area contributed by atoms with Crippen LogP contribution in [0.15, 0.2) is 24.3 Å². The van der Waals surface area contributed by atoms with Crippen molar-refractivity contribution in [3.05, 3.63) is 35.0 Å². The lowest BCUT2D eigenvalue weighted by atomic mass is 10.0. The van der Waals surface area contributed by atoms with Crippen LogP contribution in [-0.4, -0.2) is 47.5 Å². The van der Waals surface area contributed by atoms with Crippen molar-refractivity contribution < 1.29 is 14.3 Å². The minimum atomic E-state index is -0.455. The standard InChI is InChI=1S/C17H19ClN2O3/c1-19-14-11-13(18)3-2-12(14)10-15(19)16(21)20-6-4-17(5-7-20)22-8-9-23-17/h2-3,10-11H,4-9H2,1H3. The number of carbonyl (C=O) groups is 1. The zero-order valence-corrected chi connectivity index (χ0v) is 13.8. The van der Waals surface area contributed by atoms with E-state index < -0.39 is 5.79 Å². The van der Waals surface area contributed by atoms with E-state index in [9.17, 15) is 4.79 Å². The highest BCUT2D eigenvalue weighted by molar-refractivity contribution is 6.31. The van der Waals surface area contributed by atoms with Crippen molar-refractivity contribution >= 4 is 28.4 Å². The second-order valence-electron chi connectivity index (χ2n) is 6.19. The average Bonchev–Trinajstić information content (AvgIpc) is 3.13. The van der Waals surface area contributed by atoms with Gasteiger partial charge < -0.3 is 18.9 Å². The number of carbonyl (C=O) groups excluding carboxylic acids is 1. The molecule has 0 atom stereocenters. The van der Waals surface area contributed by atoms with Crippen LogP contribution in [0.5, 0.6) is 0 Å². The summed E-state index contributed by atoms with van der Waals surface area (Å²) >= 11 is 6.06. The monoisotopic (exact) mass is 334 g/mol. The molecule has 122 valence electrons. The molecule has 0 aliphatic carbocycles. The van der Waals surface area contributed by atoms with Crippen molar-refractivity contribution in [3.63, 3.8) is 0 Å². The number of fused-ring (bicyclic) bond motifs is 1. The number of halogens is 1. The number of rotatable bonds is 1. The van der Waals surface area contributed by atoms with E-state index in [4.69, 9.17) is 21.1 Å². The van der Waals surface area contributed by atoms with Crippen molar-refractivity contribution in [2.45, 2.75) is 18.6 Å². The van der Waals surface area contributed by atoms with E-state index in [1.54, 1.807) is 0 Å². The summed E-state index contributed by atoms with van der Waals surface area (Å²) in [4.78, 5) is 14.7. The third-order valence-electron chi connectivity index (χ3n) is 4.85. The van der Waals surface area contributed by atoms with Gasteiger partial charge in [0.15, 0.2) is 5.79 Å². The molecule has 1 amide bonds. The van der Waals surface area contributed by atoms with Crippen molar-refractivity contribution in [3.8, 4) is 0 Å². The van der Waals surface area contributed by atoms with E-state index in [-0.39, 0.29) is 5.91 Å². The molecule has 0 bridgehead atoms. The smallest absolute Gasteiger partial charge is 0.270 e. The highest BCUT2D eigenvalue weighted by atomic mass is 35.5. The molecule has 1 spiro atoms. The summed E-state index contributed by atoms with van der Waals surface area (Å²) < 4.78 is 13.4. The van der Waals surface area contributed by atoms with Gasteiger partial charge in [-0.2, -0.15) is 0 Å². The molecule has 0 unspecified atom stereocenters. The molecule has 0 radical (unpaired) electrons. The third kappa shape index (κ3) is 2.53. The van der Waals surface area contributed by atoms with Gasteiger partial charge in [0.2, 0.25) is 0 Å². The number of aromatic nitrogens is 1. The van der Waals surface area contributed by atoms with E-state index in [2.05, 4.69) is 0 Å². The highest BCUT2D eigenvalue weighted by Crippen LogP contribution is 2.32. The lowest BCUT2D eigenvalue weighted by Gasteiger charge is -2.37. The molecule has 1 aromatic heterocycles.